The summed E-state index contributed by atoms with van der Waals surface area (Å²) in [5.74, 6) is -0.731. The molecule has 0 aliphatic carbocycles. The molecule has 0 atom stereocenters. The first-order chi connectivity index (χ1) is 14.9. The highest BCUT2D eigenvalue weighted by Gasteiger charge is 2.21. The Morgan fingerprint density at radius 2 is 1.74 bits per heavy atom. The van der Waals surface area contributed by atoms with Gasteiger partial charge < -0.3 is 9.88 Å². The third-order valence-corrected chi connectivity index (χ3v) is 5.11. The second-order valence-corrected chi connectivity index (χ2v) is 7.67. The van der Waals surface area contributed by atoms with Gasteiger partial charge in [-0.25, -0.2) is 9.37 Å². The Balaban J connectivity index is 1.64. The molecule has 4 rings (SSSR count). The lowest BCUT2D eigenvalue weighted by molar-refractivity contribution is -0.116. The van der Waals surface area contributed by atoms with Crippen molar-refractivity contribution < 1.29 is 14.0 Å². The topological polar surface area (TPSA) is 64.0 Å². The summed E-state index contributed by atoms with van der Waals surface area (Å²) in [6.45, 7) is 4.12. The number of benzene rings is 3. The number of para-hydroxylation sites is 2. The summed E-state index contributed by atoms with van der Waals surface area (Å²) in [6.07, 6.45) is 0. The number of hydrogen-bond acceptors (Lipinski definition) is 3. The van der Waals surface area contributed by atoms with Crippen LogP contribution in [0.25, 0.3) is 11.0 Å². The number of rotatable bonds is 6. The minimum atomic E-state index is -0.504. The van der Waals surface area contributed by atoms with Gasteiger partial charge in [0.2, 0.25) is 11.7 Å². The average molecular weight is 415 g/mol. The van der Waals surface area contributed by atoms with Crippen LogP contribution in [0, 0.1) is 5.82 Å². The molecule has 1 N–H and O–H groups in total. The molecule has 1 amide bonds. The van der Waals surface area contributed by atoms with Crippen molar-refractivity contribution in [1.29, 1.82) is 0 Å². The fraction of sp³-hybridized carbons (Fsp3) is 0.160. The lowest BCUT2D eigenvalue weighted by Gasteiger charge is -2.11. The van der Waals surface area contributed by atoms with Gasteiger partial charge >= 0.3 is 0 Å². The van der Waals surface area contributed by atoms with Crippen molar-refractivity contribution in [3.8, 4) is 0 Å². The molecule has 1 heterocycles. The number of ketones is 1. The quantitative estimate of drug-likeness (QED) is 0.442. The molecule has 0 saturated carbocycles. The molecule has 5 nitrogen and oxygen atoms in total. The Kier molecular flexibility index (Phi) is 5.62. The van der Waals surface area contributed by atoms with Gasteiger partial charge in [0.15, 0.2) is 5.82 Å². The maximum atomic E-state index is 13.6. The molecule has 156 valence electrons. The highest BCUT2D eigenvalue weighted by atomic mass is 19.1. The number of fused-ring (bicyclic) bond motifs is 1. The van der Waals surface area contributed by atoms with E-state index in [9.17, 15) is 14.0 Å². The van der Waals surface area contributed by atoms with Crippen molar-refractivity contribution in [3.05, 3.63) is 95.6 Å². The van der Waals surface area contributed by atoms with E-state index in [2.05, 4.69) is 24.1 Å². The fourth-order valence-corrected chi connectivity index (χ4v) is 3.46. The van der Waals surface area contributed by atoms with Gasteiger partial charge in [-0.3, -0.25) is 9.59 Å². The zero-order valence-electron chi connectivity index (χ0n) is 17.3. The molecule has 0 aliphatic rings. The van der Waals surface area contributed by atoms with Gasteiger partial charge in [-0.2, -0.15) is 0 Å². The van der Waals surface area contributed by atoms with E-state index in [1.807, 2.05) is 36.4 Å². The number of aromatic nitrogens is 2. The fourth-order valence-electron chi connectivity index (χ4n) is 3.46. The van der Waals surface area contributed by atoms with Gasteiger partial charge in [0.1, 0.15) is 12.4 Å². The van der Waals surface area contributed by atoms with Crippen LogP contribution in [0.5, 0.6) is 0 Å². The van der Waals surface area contributed by atoms with Gasteiger partial charge in [-0.1, -0.05) is 50.2 Å². The van der Waals surface area contributed by atoms with Crippen LogP contribution in [0.15, 0.2) is 72.8 Å². The van der Waals surface area contributed by atoms with Crippen LogP contribution >= 0.6 is 0 Å². The van der Waals surface area contributed by atoms with Gasteiger partial charge in [0, 0.05) is 11.3 Å². The smallest absolute Gasteiger partial charge is 0.244 e. The number of imidazole rings is 1. The number of halogens is 1. The summed E-state index contributed by atoms with van der Waals surface area (Å²) in [5.41, 5.74) is 3.29. The lowest BCUT2D eigenvalue weighted by Crippen LogP contribution is -2.22. The van der Waals surface area contributed by atoms with Crippen molar-refractivity contribution in [3.63, 3.8) is 0 Å². The number of nitrogens with one attached hydrogen (secondary N) is 1. The molecule has 0 aliphatic heterocycles. The van der Waals surface area contributed by atoms with Gasteiger partial charge in [0.25, 0.3) is 0 Å². The largest absolute Gasteiger partial charge is 0.325 e. The van der Waals surface area contributed by atoms with Crippen molar-refractivity contribution in [2.75, 3.05) is 5.32 Å². The number of carbonyl (C=O) groups excluding carboxylic acids is 2. The highest BCUT2D eigenvalue weighted by molar-refractivity contribution is 6.08. The summed E-state index contributed by atoms with van der Waals surface area (Å²) in [6, 6.07) is 20.3. The first-order valence-corrected chi connectivity index (χ1v) is 10.1. The Labute approximate surface area is 179 Å². The Morgan fingerprint density at radius 3 is 2.45 bits per heavy atom. The van der Waals surface area contributed by atoms with E-state index < -0.39 is 11.6 Å². The van der Waals surface area contributed by atoms with Crippen molar-refractivity contribution in [2.45, 2.75) is 26.3 Å². The van der Waals surface area contributed by atoms with Crippen LogP contribution in [0.2, 0.25) is 0 Å². The van der Waals surface area contributed by atoms with Gasteiger partial charge in [-0.15, -0.1) is 0 Å². The number of amides is 1. The summed E-state index contributed by atoms with van der Waals surface area (Å²) < 4.78 is 15.2. The molecular formula is C25H22FN3O2. The van der Waals surface area contributed by atoms with Crippen LogP contribution in [-0.4, -0.2) is 21.2 Å². The van der Waals surface area contributed by atoms with Gasteiger partial charge in [0.05, 0.1) is 11.0 Å². The Morgan fingerprint density at radius 1 is 1.00 bits per heavy atom. The van der Waals surface area contributed by atoms with Gasteiger partial charge in [-0.05, 0) is 47.9 Å². The van der Waals surface area contributed by atoms with Crippen molar-refractivity contribution in [2.24, 2.45) is 0 Å². The minimum absolute atomic E-state index is 0.0944. The lowest BCUT2D eigenvalue weighted by atomic mass is 10.0. The van der Waals surface area contributed by atoms with Crippen LogP contribution in [0.4, 0.5) is 10.1 Å². The second-order valence-electron chi connectivity index (χ2n) is 7.67. The number of nitrogens with zero attached hydrogens (tertiary/aromatic N) is 2. The van der Waals surface area contributed by atoms with E-state index in [0.717, 1.165) is 0 Å². The molecule has 6 heteroatoms. The molecule has 0 fully saturated rings. The summed E-state index contributed by atoms with van der Waals surface area (Å²) in [4.78, 5) is 30.2. The predicted molar refractivity (Wildman–Crippen MR) is 119 cm³/mol. The minimum Gasteiger partial charge on any atom is -0.325 e. The van der Waals surface area contributed by atoms with Crippen LogP contribution in [0.1, 0.15) is 41.5 Å². The van der Waals surface area contributed by atoms with E-state index in [1.165, 1.54) is 29.8 Å². The van der Waals surface area contributed by atoms with E-state index in [-0.39, 0.29) is 23.8 Å². The molecule has 1 aromatic heterocycles. The van der Waals surface area contributed by atoms with Crippen LogP contribution in [0.3, 0.4) is 0 Å². The predicted octanol–water partition coefficient (Wildman–Crippen LogP) is 5.17. The second kappa shape index (κ2) is 8.52. The zero-order valence-corrected chi connectivity index (χ0v) is 17.3. The third-order valence-electron chi connectivity index (χ3n) is 5.11. The normalized spacial score (nSPS) is 11.1. The molecule has 0 radical (unpaired) electrons. The molecule has 0 bridgehead atoms. The Hall–Kier alpha value is -3.80. The molecule has 0 spiro atoms. The SMILES string of the molecule is CC(C)c1ccc(NC(=O)Cn2c(C(=O)c3cccc(F)c3)nc3ccccc32)cc1. The number of anilines is 1. The van der Waals surface area contributed by atoms with E-state index >= 15 is 0 Å². The molecule has 0 unspecified atom stereocenters. The highest BCUT2D eigenvalue weighted by Crippen LogP contribution is 2.20. The first-order valence-electron chi connectivity index (χ1n) is 10.1. The van der Waals surface area contributed by atoms with Crippen LogP contribution in [-0.2, 0) is 11.3 Å². The number of carbonyl (C=O) groups is 2. The molecule has 4 aromatic rings. The Bertz CT molecular complexity index is 1260. The molecule has 3 aromatic carbocycles. The van der Waals surface area contributed by atoms with E-state index in [4.69, 9.17) is 0 Å². The zero-order chi connectivity index (χ0) is 22.0. The summed E-state index contributed by atoms with van der Waals surface area (Å²) in [7, 11) is 0. The first kappa shape index (κ1) is 20.5. The van der Waals surface area contributed by atoms with E-state index in [0.29, 0.717) is 22.6 Å². The van der Waals surface area contributed by atoms with Crippen molar-refractivity contribution in [1.82, 2.24) is 9.55 Å². The molecular weight excluding hydrogens is 393 g/mol. The van der Waals surface area contributed by atoms with Crippen LogP contribution < -0.4 is 5.32 Å². The summed E-state index contributed by atoms with van der Waals surface area (Å²) in [5, 5.41) is 2.87. The summed E-state index contributed by atoms with van der Waals surface area (Å²) >= 11 is 0. The maximum Gasteiger partial charge on any atom is 0.244 e. The standard InChI is InChI=1S/C25H22FN3O2/c1-16(2)17-10-12-20(13-11-17)27-23(30)15-29-22-9-4-3-8-21(22)28-25(29)24(31)18-6-5-7-19(26)14-18/h3-14,16H,15H2,1-2H3,(H,27,30). The van der Waals surface area contributed by atoms with Crippen molar-refractivity contribution >= 4 is 28.4 Å². The molecule has 31 heavy (non-hydrogen) atoms. The van der Waals surface area contributed by atoms with E-state index in [1.54, 1.807) is 16.7 Å². The molecule has 0 saturated heterocycles. The maximum absolute atomic E-state index is 13.6. The monoisotopic (exact) mass is 415 g/mol. The third kappa shape index (κ3) is 4.38. The average Bonchev–Trinajstić information content (AvgIpc) is 3.12. The number of hydrogen-bond donors (Lipinski definition) is 1.